The van der Waals surface area contributed by atoms with E-state index in [1.807, 2.05) is 0 Å². The molecule has 2 heterocycles. The first-order chi connectivity index (χ1) is 6.63. The van der Waals surface area contributed by atoms with Crippen molar-refractivity contribution in [1.29, 1.82) is 0 Å². The highest BCUT2D eigenvalue weighted by Crippen LogP contribution is 2.29. The van der Waals surface area contributed by atoms with E-state index in [0.29, 0.717) is 0 Å². The van der Waals surface area contributed by atoms with Crippen LogP contribution in [0.25, 0.3) is 0 Å². The van der Waals surface area contributed by atoms with Crippen LogP contribution in [0.1, 0.15) is 0 Å². The number of fused-ring (bicyclic) bond motifs is 1. The van der Waals surface area contributed by atoms with E-state index in [2.05, 4.69) is 9.47 Å². The summed E-state index contributed by atoms with van der Waals surface area (Å²) < 4.78 is 14.1. The van der Waals surface area contributed by atoms with Gasteiger partial charge in [0.25, 0.3) is 0 Å². The molecule has 7 heteroatoms. The number of rotatable bonds is 1. The molecule has 2 aliphatic heterocycles. The first kappa shape index (κ1) is 9.66. The Bertz CT molecular complexity index is 234. The molecule has 0 amide bonds. The largest absolute Gasteiger partial charge is 0.509 e. The van der Waals surface area contributed by atoms with E-state index in [9.17, 15) is 15.0 Å². The van der Waals surface area contributed by atoms with Gasteiger partial charge < -0.3 is 29.5 Å². The molecule has 2 aliphatic rings. The van der Waals surface area contributed by atoms with Gasteiger partial charge in [0.1, 0.15) is 12.2 Å². The molecule has 0 aromatic carbocycles. The van der Waals surface area contributed by atoms with Gasteiger partial charge in [0.05, 0.1) is 6.61 Å². The molecule has 0 aliphatic carbocycles. The summed E-state index contributed by atoms with van der Waals surface area (Å²) in [5, 5.41) is 27.4. The minimum absolute atomic E-state index is 0.429. The molecule has 0 radical (unpaired) electrons. The minimum atomic E-state index is -1.48. The van der Waals surface area contributed by atoms with E-state index in [1.54, 1.807) is 0 Å². The summed E-state index contributed by atoms with van der Waals surface area (Å²) in [5.41, 5.74) is 0. The van der Waals surface area contributed by atoms with Gasteiger partial charge in [0.2, 0.25) is 0 Å². The Balaban J connectivity index is 2.17. The van der Waals surface area contributed by atoms with Crippen molar-refractivity contribution in [3.8, 4) is 0 Å². The van der Waals surface area contributed by atoms with Gasteiger partial charge in [-0.1, -0.05) is 0 Å². The number of ether oxygens (including phenoxy) is 3. The summed E-state index contributed by atoms with van der Waals surface area (Å²) in [4.78, 5) is 10.7. The lowest BCUT2D eigenvalue weighted by Gasteiger charge is -2.35. The van der Waals surface area contributed by atoms with Crippen LogP contribution < -0.4 is 0 Å². The molecule has 14 heavy (non-hydrogen) atoms. The van der Waals surface area contributed by atoms with Crippen molar-refractivity contribution in [2.75, 3.05) is 6.61 Å². The fraction of sp³-hybridized carbons (Fsp3) is 0.857. The number of aliphatic hydroxyl groups excluding tert-OH is 3. The molecule has 80 valence electrons. The number of aliphatic hydroxyl groups is 3. The summed E-state index contributed by atoms with van der Waals surface area (Å²) in [7, 11) is 0. The maximum absolute atomic E-state index is 10.7. The van der Waals surface area contributed by atoms with Gasteiger partial charge in [-0.25, -0.2) is 4.79 Å². The van der Waals surface area contributed by atoms with Crippen LogP contribution in [0.2, 0.25) is 0 Å². The molecule has 0 bridgehead atoms. The third kappa shape index (κ3) is 1.34. The predicted octanol–water partition coefficient (Wildman–Crippen LogP) is -2.04. The average Bonchev–Trinajstić information content (AvgIpc) is 2.54. The Labute approximate surface area is 78.8 Å². The van der Waals surface area contributed by atoms with Crippen LogP contribution in [0.3, 0.4) is 0 Å². The second kappa shape index (κ2) is 3.35. The molecule has 5 atom stereocenters. The van der Waals surface area contributed by atoms with E-state index in [-0.39, 0.29) is 0 Å². The summed E-state index contributed by atoms with van der Waals surface area (Å²) >= 11 is 0. The lowest BCUT2D eigenvalue weighted by molar-refractivity contribution is -0.264. The highest BCUT2D eigenvalue weighted by Gasteiger charge is 2.53. The van der Waals surface area contributed by atoms with Gasteiger partial charge in [-0.3, -0.25) is 0 Å². The SMILES string of the molecule is O=C1OC2[C@@H](O1)C(CO)O[C@@H](O)[C@@H]2O. The normalized spacial score (nSPS) is 46.8. The molecule has 2 unspecified atom stereocenters. The van der Waals surface area contributed by atoms with Gasteiger partial charge in [-0.05, 0) is 0 Å². The maximum atomic E-state index is 10.7. The van der Waals surface area contributed by atoms with Gasteiger partial charge in [-0.15, -0.1) is 0 Å². The van der Waals surface area contributed by atoms with E-state index in [1.165, 1.54) is 0 Å². The summed E-state index contributed by atoms with van der Waals surface area (Å²) in [6.45, 7) is -0.429. The monoisotopic (exact) mass is 206 g/mol. The molecule has 7 nitrogen and oxygen atoms in total. The van der Waals surface area contributed by atoms with Crippen molar-refractivity contribution in [1.82, 2.24) is 0 Å². The minimum Gasteiger partial charge on any atom is -0.424 e. The van der Waals surface area contributed by atoms with Crippen LogP contribution in [-0.2, 0) is 14.2 Å². The van der Waals surface area contributed by atoms with Crippen LogP contribution in [-0.4, -0.2) is 58.8 Å². The molecule has 2 saturated heterocycles. The Kier molecular flexibility index (Phi) is 2.31. The van der Waals surface area contributed by atoms with Crippen molar-refractivity contribution in [2.24, 2.45) is 0 Å². The van der Waals surface area contributed by atoms with Crippen molar-refractivity contribution >= 4 is 6.16 Å². The zero-order valence-electron chi connectivity index (χ0n) is 7.07. The van der Waals surface area contributed by atoms with Crippen LogP contribution >= 0.6 is 0 Å². The third-order valence-corrected chi connectivity index (χ3v) is 2.28. The highest BCUT2D eigenvalue weighted by atomic mass is 16.8. The average molecular weight is 206 g/mol. The first-order valence-corrected chi connectivity index (χ1v) is 4.13. The Morgan fingerprint density at radius 3 is 2.50 bits per heavy atom. The first-order valence-electron chi connectivity index (χ1n) is 4.13. The highest BCUT2D eigenvalue weighted by molar-refractivity contribution is 5.63. The Hall–Kier alpha value is -0.890. The zero-order chi connectivity index (χ0) is 10.3. The maximum Gasteiger partial charge on any atom is 0.509 e. The quantitative estimate of drug-likeness (QED) is 0.424. The molecule has 0 saturated carbocycles. The smallest absolute Gasteiger partial charge is 0.424 e. The van der Waals surface area contributed by atoms with Crippen LogP contribution in [0.4, 0.5) is 4.79 Å². The fourth-order valence-electron chi connectivity index (χ4n) is 1.58. The molecule has 3 N–H and O–H groups in total. The molecule has 0 aromatic rings. The standard InChI is InChI=1S/C7H10O7/c8-1-2-4-5(14-7(11)13-4)3(9)6(10)12-2/h2-6,8-10H,1H2/t2?,3-,4+,5?,6-/m1/s1. The second-order valence-corrected chi connectivity index (χ2v) is 3.15. The van der Waals surface area contributed by atoms with Crippen molar-refractivity contribution in [3.05, 3.63) is 0 Å². The number of hydrogen-bond acceptors (Lipinski definition) is 7. The fourth-order valence-corrected chi connectivity index (χ4v) is 1.58. The van der Waals surface area contributed by atoms with Crippen LogP contribution in [0, 0.1) is 0 Å². The van der Waals surface area contributed by atoms with Gasteiger partial charge in [0.15, 0.2) is 18.5 Å². The third-order valence-electron chi connectivity index (χ3n) is 2.28. The lowest BCUT2D eigenvalue weighted by atomic mass is 10.00. The van der Waals surface area contributed by atoms with E-state index >= 15 is 0 Å². The Morgan fingerprint density at radius 2 is 1.86 bits per heavy atom. The van der Waals surface area contributed by atoms with Crippen molar-refractivity contribution in [3.63, 3.8) is 0 Å². The molecular formula is C7H10O7. The number of carbonyl (C=O) groups excluding carboxylic acids is 1. The topological polar surface area (TPSA) is 105 Å². The molecule has 0 spiro atoms. The second-order valence-electron chi connectivity index (χ2n) is 3.15. The van der Waals surface area contributed by atoms with E-state index in [4.69, 9.17) is 9.84 Å². The summed E-state index contributed by atoms with van der Waals surface area (Å²) in [6, 6.07) is 0. The van der Waals surface area contributed by atoms with Crippen molar-refractivity contribution < 1.29 is 34.3 Å². The molecule has 2 rings (SSSR count). The van der Waals surface area contributed by atoms with Crippen molar-refractivity contribution in [2.45, 2.75) is 30.7 Å². The zero-order valence-corrected chi connectivity index (χ0v) is 7.07. The van der Waals surface area contributed by atoms with Gasteiger partial charge in [-0.2, -0.15) is 0 Å². The lowest BCUT2D eigenvalue weighted by Crippen LogP contribution is -2.57. The number of hydrogen-bond donors (Lipinski definition) is 3. The van der Waals surface area contributed by atoms with E-state index in [0.717, 1.165) is 0 Å². The van der Waals surface area contributed by atoms with Gasteiger partial charge >= 0.3 is 6.16 Å². The summed E-state index contributed by atoms with van der Waals surface area (Å²) in [5.74, 6) is 0. The summed E-state index contributed by atoms with van der Waals surface area (Å²) in [6.07, 6.45) is -6.49. The Morgan fingerprint density at radius 1 is 1.21 bits per heavy atom. The van der Waals surface area contributed by atoms with Crippen LogP contribution in [0.15, 0.2) is 0 Å². The number of carbonyl (C=O) groups is 1. The molecule has 0 aromatic heterocycles. The molecule has 2 fully saturated rings. The molecular weight excluding hydrogens is 196 g/mol. The van der Waals surface area contributed by atoms with E-state index < -0.39 is 43.5 Å². The van der Waals surface area contributed by atoms with Crippen LogP contribution in [0.5, 0.6) is 0 Å². The van der Waals surface area contributed by atoms with Gasteiger partial charge in [0, 0.05) is 0 Å². The predicted molar refractivity (Wildman–Crippen MR) is 39.1 cm³/mol.